The van der Waals surface area contributed by atoms with Gasteiger partial charge in [0.1, 0.15) is 11.5 Å². The molecule has 0 saturated carbocycles. The fraction of sp³-hybridized carbons (Fsp3) is 0.250. The number of nitrogen functional groups attached to an aromatic ring is 1. The van der Waals surface area contributed by atoms with Gasteiger partial charge in [-0.05, 0) is 19.1 Å². The topological polar surface area (TPSA) is 74.8 Å². The lowest BCUT2D eigenvalue weighted by molar-refractivity contribution is 1.17. The van der Waals surface area contributed by atoms with Crippen LogP contribution in [0.15, 0.2) is 18.3 Å². The summed E-state index contributed by atoms with van der Waals surface area (Å²) in [6.45, 7) is 2.78. The molecule has 0 spiro atoms. The van der Waals surface area contributed by atoms with Crippen LogP contribution in [0.4, 0.5) is 5.69 Å². The Morgan fingerprint density at radius 2 is 2.50 bits per heavy atom. The molecule has 1 aromatic rings. The molecule has 0 atom stereocenters. The standard InChI is InChI=1S/C8H12N4/c1-2-11-6-4-3-5-12-7(6)8(9)10/h3-5,11H,2H2,1H3,(H3,9,10). The van der Waals surface area contributed by atoms with Crippen molar-refractivity contribution in [1.82, 2.24) is 4.98 Å². The lowest BCUT2D eigenvalue weighted by atomic mass is 10.3. The molecule has 0 amide bonds. The van der Waals surface area contributed by atoms with Gasteiger partial charge in [-0.15, -0.1) is 0 Å². The zero-order valence-corrected chi connectivity index (χ0v) is 6.96. The highest BCUT2D eigenvalue weighted by Crippen LogP contribution is 2.09. The van der Waals surface area contributed by atoms with E-state index in [4.69, 9.17) is 11.1 Å². The largest absolute Gasteiger partial charge is 0.383 e. The number of amidine groups is 1. The van der Waals surface area contributed by atoms with Gasteiger partial charge in [0.15, 0.2) is 0 Å². The van der Waals surface area contributed by atoms with Gasteiger partial charge in [-0.2, -0.15) is 0 Å². The Bertz CT molecular complexity index is 282. The predicted molar refractivity (Wildman–Crippen MR) is 49.4 cm³/mol. The van der Waals surface area contributed by atoms with Crippen LogP contribution in [0, 0.1) is 5.41 Å². The molecule has 1 aromatic heterocycles. The van der Waals surface area contributed by atoms with Crippen LogP contribution >= 0.6 is 0 Å². The number of anilines is 1. The maximum absolute atomic E-state index is 7.23. The van der Waals surface area contributed by atoms with Gasteiger partial charge in [0, 0.05) is 12.7 Å². The Kier molecular flexibility index (Phi) is 2.63. The van der Waals surface area contributed by atoms with Crippen molar-refractivity contribution in [1.29, 1.82) is 5.41 Å². The van der Waals surface area contributed by atoms with Gasteiger partial charge in [0.2, 0.25) is 0 Å². The van der Waals surface area contributed by atoms with E-state index in [0.29, 0.717) is 5.69 Å². The van der Waals surface area contributed by atoms with Gasteiger partial charge in [-0.1, -0.05) is 0 Å². The quantitative estimate of drug-likeness (QED) is 0.457. The Morgan fingerprint density at radius 3 is 3.08 bits per heavy atom. The minimum Gasteiger partial charge on any atom is -0.383 e. The molecule has 4 N–H and O–H groups in total. The molecule has 64 valence electrons. The zero-order valence-electron chi connectivity index (χ0n) is 6.96. The van der Waals surface area contributed by atoms with Crippen LogP contribution in [0.5, 0.6) is 0 Å². The third kappa shape index (κ3) is 1.72. The first-order valence-corrected chi connectivity index (χ1v) is 3.79. The third-order valence-corrected chi connectivity index (χ3v) is 1.43. The van der Waals surface area contributed by atoms with E-state index in [1.54, 1.807) is 6.20 Å². The van der Waals surface area contributed by atoms with Crippen molar-refractivity contribution in [2.75, 3.05) is 11.9 Å². The molecule has 4 nitrogen and oxygen atoms in total. The average Bonchev–Trinajstić information content (AvgIpc) is 2.05. The Labute approximate surface area is 71.3 Å². The van der Waals surface area contributed by atoms with Gasteiger partial charge < -0.3 is 11.1 Å². The minimum absolute atomic E-state index is 0.00782. The first kappa shape index (κ1) is 8.52. The summed E-state index contributed by atoms with van der Waals surface area (Å²) < 4.78 is 0. The first-order chi connectivity index (χ1) is 5.75. The molecular weight excluding hydrogens is 152 g/mol. The second kappa shape index (κ2) is 3.71. The second-order valence-electron chi connectivity index (χ2n) is 2.34. The summed E-state index contributed by atoms with van der Waals surface area (Å²) in [5.74, 6) is -0.00782. The minimum atomic E-state index is -0.00782. The molecule has 1 heterocycles. The number of hydrogen-bond acceptors (Lipinski definition) is 3. The summed E-state index contributed by atoms with van der Waals surface area (Å²) in [6.07, 6.45) is 1.62. The number of nitrogens with zero attached hydrogens (tertiary/aromatic N) is 1. The number of pyridine rings is 1. The van der Waals surface area contributed by atoms with Gasteiger partial charge in [0.25, 0.3) is 0 Å². The smallest absolute Gasteiger partial charge is 0.143 e. The van der Waals surface area contributed by atoms with Crippen LogP contribution in [0.2, 0.25) is 0 Å². The normalized spacial score (nSPS) is 9.42. The molecule has 4 heteroatoms. The van der Waals surface area contributed by atoms with Gasteiger partial charge in [-0.25, -0.2) is 0 Å². The molecule has 1 rings (SSSR count). The van der Waals surface area contributed by atoms with Crippen LogP contribution in [0.3, 0.4) is 0 Å². The molecule has 0 fully saturated rings. The van der Waals surface area contributed by atoms with Crippen molar-refractivity contribution in [3.8, 4) is 0 Å². The molecule has 0 aliphatic heterocycles. The molecule has 0 saturated heterocycles. The third-order valence-electron chi connectivity index (χ3n) is 1.43. The van der Waals surface area contributed by atoms with Gasteiger partial charge >= 0.3 is 0 Å². The molecule has 0 aliphatic carbocycles. The highest BCUT2D eigenvalue weighted by molar-refractivity contribution is 5.98. The number of hydrogen-bond donors (Lipinski definition) is 3. The van der Waals surface area contributed by atoms with E-state index < -0.39 is 0 Å². The van der Waals surface area contributed by atoms with Crippen molar-refractivity contribution >= 4 is 11.5 Å². The van der Waals surface area contributed by atoms with Crippen LogP contribution in [-0.4, -0.2) is 17.4 Å². The van der Waals surface area contributed by atoms with Gasteiger partial charge in [-0.3, -0.25) is 10.4 Å². The van der Waals surface area contributed by atoms with E-state index in [-0.39, 0.29) is 5.84 Å². The molecule has 12 heavy (non-hydrogen) atoms. The van der Waals surface area contributed by atoms with E-state index in [1.807, 2.05) is 19.1 Å². The first-order valence-electron chi connectivity index (χ1n) is 3.79. The monoisotopic (exact) mass is 164 g/mol. The van der Waals surface area contributed by atoms with Crippen LogP contribution in [0.25, 0.3) is 0 Å². The summed E-state index contributed by atoms with van der Waals surface area (Å²) in [6, 6.07) is 3.66. The number of nitrogens with one attached hydrogen (secondary N) is 2. The highest BCUT2D eigenvalue weighted by Gasteiger charge is 2.03. The summed E-state index contributed by atoms with van der Waals surface area (Å²) in [5, 5.41) is 10.3. The Morgan fingerprint density at radius 1 is 1.75 bits per heavy atom. The average molecular weight is 164 g/mol. The summed E-state index contributed by atoms with van der Waals surface area (Å²) in [7, 11) is 0. The molecule has 0 unspecified atom stereocenters. The van der Waals surface area contributed by atoms with Gasteiger partial charge in [0.05, 0.1) is 5.69 Å². The summed E-state index contributed by atoms with van der Waals surface area (Å²) >= 11 is 0. The lowest BCUT2D eigenvalue weighted by Crippen LogP contribution is -2.16. The van der Waals surface area contributed by atoms with Crippen LogP contribution in [0.1, 0.15) is 12.6 Å². The van der Waals surface area contributed by atoms with E-state index in [9.17, 15) is 0 Å². The number of rotatable bonds is 3. The van der Waals surface area contributed by atoms with Crippen molar-refractivity contribution < 1.29 is 0 Å². The number of aromatic nitrogens is 1. The highest BCUT2D eigenvalue weighted by atomic mass is 14.9. The molecule has 0 bridgehead atoms. The van der Waals surface area contributed by atoms with Crippen molar-refractivity contribution in [3.05, 3.63) is 24.0 Å². The summed E-state index contributed by atoms with van der Waals surface area (Å²) in [5.41, 5.74) is 6.65. The lowest BCUT2D eigenvalue weighted by Gasteiger charge is -2.06. The SMILES string of the molecule is CCNc1cccnc1C(=N)N. The Balaban J connectivity index is 3.00. The van der Waals surface area contributed by atoms with E-state index >= 15 is 0 Å². The molecule has 0 radical (unpaired) electrons. The van der Waals surface area contributed by atoms with E-state index in [2.05, 4.69) is 10.3 Å². The molecular formula is C8H12N4. The Hall–Kier alpha value is -1.58. The number of nitrogens with two attached hydrogens (primary N) is 1. The fourth-order valence-corrected chi connectivity index (χ4v) is 0.953. The zero-order chi connectivity index (χ0) is 8.97. The second-order valence-corrected chi connectivity index (χ2v) is 2.34. The van der Waals surface area contributed by atoms with Crippen LogP contribution in [-0.2, 0) is 0 Å². The van der Waals surface area contributed by atoms with Crippen molar-refractivity contribution in [2.24, 2.45) is 5.73 Å². The maximum Gasteiger partial charge on any atom is 0.143 e. The summed E-state index contributed by atoms with van der Waals surface area (Å²) in [4.78, 5) is 3.98. The molecule has 0 aromatic carbocycles. The van der Waals surface area contributed by atoms with Crippen molar-refractivity contribution in [3.63, 3.8) is 0 Å². The molecule has 0 aliphatic rings. The van der Waals surface area contributed by atoms with Crippen molar-refractivity contribution in [2.45, 2.75) is 6.92 Å². The van der Waals surface area contributed by atoms with Crippen LogP contribution < -0.4 is 11.1 Å². The maximum atomic E-state index is 7.23. The van der Waals surface area contributed by atoms with E-state index in [1.165, 1.54) is 0 Å². The fourth-order valence-electron chi connectivity index (χ4n) is 0.953. The van der Waals surface area contributed by atoms with E-state index in [0.717, 1.165) is 12.2 Å². The predicted octanol–water partition coefficient (Wildman–Crippen LogP) is 0.797.